The van der Waals surface area contributed by atoms with Crippen LogP contribution in [0, 0.1) is 6.92 Å². The molecule has 0 aliphatic carbocycles. The molecule has 1 aromatic heterocycles. The predicted octanol–water partition coefficient (Wildman–Crippen LogP) is 3.80. The van der Waals surface area contributed by atoms with Gasteiger partial charge in [-0.25, -0.2) is 9.78 Å². The van der Waals surface area contributed by atoms with E-state index >= 15 is 0 Å². The molecule has 18 heavy (non-hydrogen) atoms. The highest BCUT2D eigenvalue weighted by Gasteiger charge is 2.02. The Morgan fingerprint density at radius 1 is 1.17 bits per heavy atom. The molecule has 0 saturated heterocycles. The summed E-state index contributed by atoms with van der Waals surface area (Å²) in [6.45, 7) is 1.97. The molecular weight excluding hydrogens is 294 g/mol. The lowest BCUT2D eigenvalue weighted by atomic mass is 10.2. The minimum absolute atomic E-state index is 0.287. The number of aromatic nitrogens is 1. The third kappa shape index (κ3) is 3.56. The quantitative estimate of drug-likeness (QED) is 0.829. The fraction of sp³-hybridized carbons (Fsp3) is 0.0769. The van der Waals surface area contributed by atoms with E-state index in [1.807, 2.05) is 31.2 Å². The number of benzene rings is 1. The summed E-state index contributed by atoms with van der Waals surface area (Å²) < 4.78 is 0.729. The molecule has 0 aliphatic rings. The monoisotopic (exact) mass is 305 g/mol. The Kier molecular flexibility index (Phi) is 3.94. The molecule has 1 heterocycles. The number of rotatable bonds is 2. The van der Waals surface area contributed by atoms with Gasteiger partial charge in [0.25, 0.3) is 0 Å². The standard InChI is InChI=1S/C13H12BrN3O/c1-9-3-2-4-10(7-9)16-13(18)17-11-5-6-12(14)15-8-11/h2-8H,1H3,(H2,16,17,18). The summed E-state index contributed by atoms with van der Waals surface area (Å²) in [4.78, 5) is 15.7. The molecule has 0 aliphatic heterocycles. The van der Waals surface area contributed by atoms with E-state index in [1.165, 1.54) is 0 Å². The number of nitrogens with zero attached hydrogens (tertiary/aromatic N) is 1. The molecule has 0 spiro atoms. The Balaban J connectivity index is 1.98. The Hall–Kier alpha value is -1.88. The van der Waals surface area contributed by atoms with E-state index in [0.29, 0.717) is 5.69 Å². The molecular formula is C13H12BrN3O. The van der Waals surface area contributed by atoms with Crippen LogP contribution in [0.4, 0.5) is 16.2 Å². The van der Waals surface area contributed by atoms with E-state index < -0.39 is 0 Å². The summed E-state index contributed by atoms with van der Waals surface area (Å²) in [5.74, 6) is 0. The van der Waals surface area contributed by atoms with Crippen molar-refractivity contribution in [1.82, 2.24) is 4.98 Å². The number of aryl methyl sites for hydroxylation is 1. The maximum absolute atomic E-state index is 11.7. The lowest BCUT2D eigenvalue weighted by Crippen LogP contribution is -2.19. The van der Waals surface area contributed by atoms with E-state index in [2.05, 4.69) is 31.5 Å². The Morgan fingerprint density at radius 2 is 1.94 bits per heavy atom. The fourth-order valence-electron chi connectivity index (χ4n) is 1.47. The van der Waals surface area contributed by atoms with Crippen LogP contribution in [0.1, 0.15) is 5.56 Å². The van der Waals surface area contributed by atoms with Gasteiger partial charge in [0, 0.05) is 5.69 Å². The highest BCUT2D eigenvalue weighted by atomic mass is 79.9. The molecule has 5 heteroatoms. The van der Waals surface area contributed by atoms with Crippen molar-refractivity contribution in [3.05, 3.63) is 52.8 Å². The number of anilines is 2. The van der Waals surface area contributed by atoms with Gasteiger partial charge in [-0.3, -0.25) is 0 Å². The average Bonchev–Trinajstić information content (AvgIpc) is 2.32. The lowest BCUT2D eigenvalue weighted by molar-refractivity contribution is 0.262. The third-order valence-corrected chi connectivity index (χ3v) is 2.73. The van der Waals surface area contributed by atoms with Gasteiger partial charge < -0.3 is 10.6 Å². The van der Waals surface area contributed by atoms with Gasteiger partial charge >= 0.3 is 6.03 Å². The zero-order valence-electron chi connectivity index (χ0n) is 9.77. The zero-order chi connectivity index (χ0) is 13.0. The first kappa shape index (κ1) is 12.6. The number of pyridine rings is 1. The van der Waals surface area contributed by atoms with Gasteiger partial charge in [-0.15, -0.1) is 0 Å². The minimum Gasteiger partial charge on any atom is -0.308 e. The number of amides is 2. The van der Waals surface area contributed by atoms with Gasteiger partial charge in [0.05, 0.1) is 11.9 Å². The average molecular weight is 306 g/mol. The molecule has 1 aromatic carbocycles. The molecule has 4 nitrogen and oxygen atoms in total. The van der Waals surface area contributed by atoms with Crippen molar-refractivity contribution in [2.45, 2.75) is 6.92 Å². The Morgan fingerprint density at radius 3 is 2.61 bits per heavy atom. The summed E-state index contributed by atoms with van der Waals surface area (Å²) in [7, 11) is 0. The van der Waals surface area contributed by atoms with Crippen LogP contribution in [0.2, 0.25) is 0 Å². The van der Waals surface area contributed by atoms with Gasteiger partial charge in [-0.1, -0.05) is 12.1 Å². The number of carbonyl (C=O) groups excluding carboxylic acids is 1. The van der Waals surface area contributed by atoms with Crippen LogP contribution < -0.4 is 10.6 Å². The van der Waals surface area contributed by atoms with Crippen LogP contribution in [0.5, 0.6) is 0 Å². The number of halogens is 1. The molecule has 92 valence electrons. The van der Waals surface area contributed by atoms with Gasteiger partial charge in [-0.05, 0) is 52.7 Å². The minimum atomic E-state index is -0.287. The first-order valence-corrected chi connectivity index (χ1v) is 6.19. The predicted molar refractivity (Wildman–Crippen MR) is 75.8 cm³/mol. The number of hydrogen-bond acceptors (Lipinski definition) is 2. The van der Waals surface area contributed by atoms with Crippen LogP contribution in [0.15, 0.2) is 47.2 Å². The third-order valence-electron chi connectivity index (χ3n) is 2.26. The van der Waals surface area contributed by atoms with Crippen molar-refractivity contribution in [3.8, 4) is 0 Å². The summed E-state index contributed by atoms with van der Waals surface area (Å²) >= 11 is 3.23. The largest absolute Gasteiger partial charge is 0.323 e. The molecule has 0 bridgehead atoms. The van der Waals surface area contributed by atoms with E-state index in [4.69, 9.17) is 0 Å². The second-order valence-electron chi connectivity index (χ2n) is 3.82. The van der Waals surface area contributed by atoms with Crippen molar-refractivity contribution >= 4 is 33.3 Å². The van der Waals surface area contributed by atoms with Crippen molar-refractivity contribution in [2.24, 2.45) is 0 Å². The zero-order valence-corrected chi connectivity index (χ0v) is 11.4. The van der Waals surface area contributed by atoms with Crippen LogP contribution in [-0.2, 0) is 0 Å². The highest BCUT2D eigenvalue weighted by Crippen LogP contribution is 2.12. The molecule has 0 saturated carbocycles. The Labute approximate surface area is 114 Å². The van der Waals surface area contributed by atoms with E-state index in [0.717, 1.165) is 15.9 Å². The molecule has 2 amide bonds. The SMILES string of the molecule is Cc1cccc(NC(=O)Nc2ccc(Br)nc2)c1. The van der Waals surface area contributed by atoms with Gasteiger partial charge in [0.15, 0.2) is 0 Å². The van der Waals surface area contributed by atoms with E-state index in [1.54, 1.807) is 18.3 Å². The number of urea groups is 1. The van der Waals surface area contributed by atoms with Crippen molar-refractivity contribution in [1.29, 1.82) is 0 Å². The smallest absolute Gasteiger partial charge is 0.308 e. The van der Waals surface area contributed by atoms with Crippen LogP contribution in [0.25, 0.3) is 0 Å². The Bertz CT molecular complexity index is 554. The van der Waals surface area contributed by atoms with Gasteiger partial charge in [0.1, 0.15) is 4.60 Å². The molecule has 0 fully saturated rings. The second kappa shape index (κ2) is 5.64. The number of hydrogen-bond donors (Lipinski definition) is 2. The van der Waals surface area contributed by atoms with Crippen LogP contribution >= 0.6 is 15.9 Å². The molecule has 0 radical (unpaired) electrons. The number of carbonyl (C=O) groups is 1. The second-order valence-corrected chi connectivity index (χ2v) is 4.63. The summed E-state index contributed by atoms with van der Waals surface area (Å²) in [5, 5.41) is 5.46. The van der Waals surface area contributed by atoms with Crippen molar-refractivity contribution in [2.75, 3.05) is 10.6 Å². The molecule has 0 unspecified atom stereocenters. The maximum atomic E-state index is 11.7. The molecule has 2 aromatic rings. The van der Waals surface area contributed by atoms with E-state index in [-0.39, 0.29) is 6.03 Å². The first-order valence-electron chi connectivity index (χ1n) is 5.40. The summed E-state index contributed by atoms with van der Waals surface area (Å²) in [5.41, 5.74) is 2.50. The van der Waals surface area contributed by atoms with Crippen molar-refractivity contribution in [3.63, 3.8) is 0 Å². The topological polar surface area (TPSA) is 54.0 Å². The number of nitrogens with one attached hydrogen (secondary N) is 2. The van der Waals surface area contributed by atoms with Gasteiger partial charge in [-0.2, -0.15) is 0 Å². The normalized spacial score (nSPS) is 9.89. The molecule has 2 rings (SSSR count). The summed E-state index contributed by atoms with van der Waals surface area (Å²) in [6.07, 6.45) is 1.58. The fourth-order valence-corrected chi connectivity index (χ4v) is 1.70. The summed E-state index contributed by atoms with van der Waals surface area (Å²) in [6, 6.07) is 10.9. The first-order chi connectivity index (χ1) is 8.63. The van der Waals surface area contributed by atoms with Crippen LogP contribution in [-0.4, -0.2) is 11.0 Å². The molecule has 2 N–H and O–H groups in total. The van der Waals surface area contributed by atoms with E-state index in [9.17, 15) is 4.79 Å². The van der Waals surface area contributed by atoms with Gasteiger partial charge in [0.2, 0.25) is 0 Å². The maximum Gasteiger partial charge on any atom is 0.323 e. The van der Waals surface area contributed by atoms with Crippen LogP contribution in [0.3, 0.4) is 0 Å². The van der Waals surface area contributed by atoms with Crippen molar-refractivity contribution < 1.29 is 4.79 Å². The molecule has 0 atom stereocenters. The lowest BCUT2D eigenvalue weighted by Gasteiger charge is -2.07. The highest BCUT2D eigenvalue weighted by molar-refractivity contribution is 9.10.